The van der Waals surface area contributed by atoms with Crippen molar-refractivity contribution in [2.24, 2.45) is 0 Å². The summed E-state index contributed by atoms with van der Waals surface area (Å²) in [7, 11) is -5.40. The molecule has 0 unspecified atom stereocenters. The number of aryl methyl sites for hydroxylation is 2. The van der Waals surface area contributed by atoms with E-state index in [9.17, 15) is 10.2 Å². The Bertz CT molecular complexity index is 1040. The van der Waals surface area contributed by atoms with Crippen LogP contribution in [0.15, 0.2) is 36.4 Å². The summed E-state index contributed by atoms with van der Waals surface area (Å²) in [5.74, 6) is 2.13. The van der Waals surface area contributed by atoms with Gasteiger partial charge in [0.15, 0.2) is 0 Å². The van der Waals surface area contributed by atoms with Crippen molar-refractivity contribution in [3.63, 3.8) is 0 Å². The van der Waals surface area contributed by atoms with Crippen molar-refractivity contribution < 1.29 is 46.2 Å². The zero-order chi connectivity index (χ0) is 36.5. The van der Waals surface area contributed by atoms with Gasteiger partial charge in [0.25, 0.3) is 0 Å². The predicted molar refractivity (Wildman–Crippen MR) is 202 cm³/mol. The van der Waals surface area contributed by atoms with E-state index >= 15 is 0 Å². The Balaban J connectivity index is 1.65. The van der Waals surface area contributed by atoms with Crippen molar-refractivity contribution in [2.45, 2.75) is 118 Å². The average Bonchev–Trinajstić information content (AvgIpc) is 3.09. The van der Waals surface area contributed by atoms with Crippen LogP contribution in [0.2, 0.25) is 12.1 Å². The fourth-order valence-corrected chi connectivity index (χ4v) is 11.2. The number of hydrogen-bond donors (Lipinski definition) is 2. The molecule has 0 fully saturated rings. The van der Waals surface area contributed by atoms with E-state index in [1.54, 1.807) is 12.1 Å². The summed E-state index contributed by atoms with van der Waals surface area (Å²) in [6, 6.07) is 12.4. The van der Waals surface area contributed by atoms with Crippen molar-refractivity contribution in [2.75, 3.05) is 52.9 Å². The van der Waals surface area contributed by atoms with Crippen molar-refractivity contribution in [3.8, 4) is 23.0 Å². The summed E-state index contributed by atoms with van der Waals surface area (Å²) in [6.45, 7) is 16.4. The van der Waals surface area contributed by atoms with Crippen LogP contribution < -0.4 is 9.47 Å². The molecule has 0 bridgehead atoms. The third kappa shape index (κ3) is 16.5. The van der Waals surface area contributed by atoms with Gasteiger partial charge in [0.2, 0.25) is 0 Å². The molecule has 10 nitrogen and oxygen atoms in total. The van der Waals surface area contributed by atoms with E-state index in [0.717, 1.165) is 74.0 Å². The fraction of sp³-hybridized carbons (Fsp3) is 0.684. The highest BCUT2D eigenvalue weighted by atomic mass is 28.4. The Kier molecular flexibility index (Phi) is 22.6. The molecule has 2 N–H and O–H groups in total. The summed E-state index contributed by atoms with van der Waals surface area (Å²) in [4.78, 5) is 0. The number of phenols is 2. The molecule has 0 saturated heterocycles. The first-order chi connectivity index (χ1) is 24.3. The second-order valence-electron chi connectivity index (χ2n) is 12.1. The Hall–Kier alpha value is -2.17. The van der Waals surface area contributed by atoms with Gasteiger partial charge in [-0.1, -0.05) is 25.7 Å². The highest BCUT2D eigenvalue weighted by Gasteiger charge is 2.40. The molecule has 0 saturated carbocycles. The molecule has 0 aliphatic heterocycles. The molecular formula is C38H66O10Si2. The molecule has 2 rings (SSSR count). The van der Waals surface area contributed by atoms with E-state index < -0.39 is 17.6 Å². The quantitative estimate of drug-likeness (QED) is 0.0575. The van der Waals surface area contributed by atoms with Crippen LogP contribution in [0.3, 0.4) is 0 Å². The normalized spacial score (nSPS) is 12.0. The molecule has 0 heterocycles. The second kappa shape index (κ2) is 25.7. The van der Waals surface area contributed by atoms with Crippen LogP contribution in [0.4, 0.5) is 0 Å². The topological polar surface area (TPSA) is 114 Å². The zero-order valence-corrected chi connectivity index (χ0v) is 33.8. The van der Waals surface area contributed by atoms with Crippen molar-refractivity contribution in [3.05, 3.63) is 47.5 Å². The molecule has 0 spiro atoms. The van der Waals surface area contributed by atoms with Gasteiger partial charge in [0.1, 0.15) is 23.0 Å². The van der Waals surface area contributed by atoms with E-state index in [1.165, 1.54) is 0 Å². The minimum absolute atomic E-state index is 0.283. The number of ether oxygens (including phenoxy) is 2. The van der Waals surface area contributed by atoms with Gasteiger partial charge in [-0.25, -0.2) is 0 Å². The molecule has 0 aliphatic carbocycles. The average molecular weight is 739 g/mol. The van der Waals surface area contributed by atoms with Crippen LogP contribution >= 0.6 is 0 Å². The maximum Gasteiger partial charge on any atom is 0.500 e. The van der Waals surface area contributed by atoms with Crippen LogP contribution in [-0.4, -0.2) is 80.7 Å². The SMILES string of the molecule is CCO[Si](CCCc1cc(OCCCCCCCCOc2ccc(O)c(CCC[Si](OCC)(OCC)OCC)c2)ccc1O)(OCC)OCC. The highest BCUT2D eigenvalue weighted by molar-refractivity contribution is 6.61. The highest BCUT2D eigenvalue weighted by Crippen LogP contribution is 2.29. The molecule has 2 aromatic carbocycles. The lowest BCUT2D eigenvalue weighted by molar-refractivity contribution is 0.0700. The fourth-order valence-electron chi connectivity index (χ4n) is 5.99. The summed E-state index contributed by atoms with van der Waals surface area (Å²) in [5, 5.41) is 20.9. The van der Waals surface area contributed by atoms with Gasteiger partial charge >= 0.3 is 17.6 Å². The van der Waals surface area contributed by atoms with Gasteiger partial charge in [0.05, 0.1) is 13.2 Å². The standard InChI is InChI=1S/C38H66O10Si2/c1-7-43-49(44-8-2,45-9-3)29-19-21-33-31-35(23-25-37(33)39)41-27-17-15-13-14-16-18-28-42-36-24-26-38(40)34(32-36)22-20-30-50(46-10-4,47-11-5)48-12-6/h23-26,31-32,39-40H,7-22,27-30H2,1-6H3. The summed E-state index contributed by atoms with van der Waals surface area (Å²) >= 11 is 0. The Morgan fingerprint density at radius 3 is 1.08 bits per heavy atom. The van der Waals surface area contributed by atoms with Crippen molar-refractivity contribution >= 4 is 17.6 Å². The number of rotatable bonds is 31. The van der Waals surface area contributed by atoms with Gasteiger partial charge in [-0.2, -0.15) is 0 Å². The summed E-state index contributed by atoms with van der Waals surface area (Å²) < 4.78 is 47.8. The number of hydrogen-bond acceptors (Lipinski definition) is 10. The third-order valence-corrected chi connectivity index (χ3v) is 14.5. The molecule has 0 aromatic heterocycles. The Morgan fingerprint density at radius 1 is 0.440 bits per heavy atom. The second-order valence-corrected chi connectivity index (χ2v) is 17.5. The summed E-state index contributed by atoms with van der Waals surface area (Å²) in [6.07, 6.45) is 9.46. The van der Waals surface area contributed by atoms with E-state index in [-0.39, 0.29) is 11.5 Å². The van der Waals surface area contributed by atoms with E-state index in [4.69, 9.17) is 36.0 Å². The lowest BCUT2D eigenvalue weighted by Gasteiger charge is -2.28. The van der Waals surface area contributed by atoms with Gasteiger partial charge in [-0.15, -0.1) is 0 Å². The maximum atomic E-state index is 10.4. The lowest BCUT2D eigenvalue weighted by Crippen LogP contribution is -2.46. The number of aromatic hydroxyl groups is 2. The number of benzene rings is 2. The monoisotopic (exact) mass is 738 g/mol. The molecule has 286 valence electrons. The molecule has 50 heavy (non-hydrogen) atoms. The largest absolute Gasteiger partial charge is 0.508 e. The van der Waals surface area contributed by atoms with Crippen molar-refractivity contribution in [1.29, 1.82) is 0 Å². The van der Waals surface area contributed by atoms with Crippen LogP contribution in [0, 0.1) is 0 Å². The van der Waals surface area contributed by atoms with E-state index in [1.807, 2.05) is 65.8 Å². The lowest BCUT2D eigenvalue weighted by atomic mass is 10.1. The first-order valence-electron chi connectivity index (χ1n) is 19.0. The molecule has 12 heteroatoms. The Labute approximate surface area is 304 Å². The number of unbranched alkanes of at least 4 members (excludes halogenated alkanes) is 5. The predicted octanol–water partition coefficient (Wildman–Crippen LogP) is 8.86. The molecular weight excluding hydrogens is 673 g/mol. The minimum Gasteiger partial charge on any atom is -0.508 e. The van der Waals surface area contributed by atoms with Gasteiger partial charge in [-0.3, -0.25) is 0 Å². The van der Waals surface area contributed by atoms with Crippen LogP contribution in [-0.2, 0) is 39.4 Å². The molecule has 0 amide bonds. The van der Waals surface area contributed by atoms with Crippen LogP contribution in [0.1, 0.15) is 104 Å². The first kappa shape index (κ1) is 44.0. The van der Waals surface area contributed by atoms with E-state index in [0.29, 0.717) is 77.8 Å². The Morgan fingerprint density at radius 2 is 0.760 bits per heavy atom. The molecule has 2 aromatic rings. The number of phenolic OH excluding ortho intramolecular Hbond substituents is 2. The van der Waals surface area contributed by atoms with Crippen LogP contribution in [0.5, 0.6) is 23.0 Å². The van der Waals surface area contributed by atoms with Gasteiger partial charge < -0.3 is 46.2 Å². The molecule has 0 atom stereocenters. The summed E-state index contributed by atoms with van der Waals surface area (Å²) in [5.41, 5.74) is 1.73. The minimum atomic E-state index is -2.70. The van der Waals surface area contributed by atoms with Gasteiger partial charge in [-0.05, 0) is 128 Å². The maximum absolute atomic E-state index is 10.4. The van der Waals surface area contributed by atoms with E-state index in [2.05, 4.69) is 0 Å². The third-order valence-electron chi connectivity index (χ3n) is 8.22. The van der Waals surface area contributed by atoms with Gasteiger partial charge in [0, 0.05) is 51.7 Å². The van der Waals surface area contributed by atoms with Crippen molar-refractivity contribution in [1.82, 2.24) is 0 Å². The molecule has 0 aliphatic rings. The zero-order valence-electron chi connectivity index (χ0n) is 31.8. The smallest absolute Gasteiger partial charge is 0.500 e. The molecule has 0 radical (unpaired) electrons. The first-order valence-corrected chi connectivity index (χ1v) is 22.9. The van der Waals surface area contributed by atoms with Crippen LogP contribution in [0.25, 0.3) is 0 Å².